The Balaban J connectivity index is 1.69. The maximum absolute atomic E-state index is 12.9. The van der Waals surface area contributed by atoms with E-state index in [-0.39, 0.29) is 6.79 Å². The van der Waals surface area contributed by atoms with E-state index in [2.05, 4.69) is 10.6 Å². The molecule has 2 N–H and O–H groups in total. The summed E-state index contributed by atoms with van der Waals surface area (Å²) in [5.74, 6) is -0.251. The fraction of sp³-hybridized carbons (Fsp3) is 0.222. The van der Waals surface area contributed by atoms with Gasteiger partial charge in [-0.2, -0.15) is 0 Å². The van der Waals surface area contributed by atoms with E-state index in [4.69, 9.17) is 9.47 Å². The quantitative estimate of drug-likeness (QED) is 0.836. The van der Waals surface area contributed by atoms with Gasteiger partial charge in [0.2, 0.25) is 18.6 Å². The van der Waals surface area contributed by atoms with Gasteiger partial charge in [-0.15, -0.1) is 0 Å². The summed E-state index contributed by atoms with van der Waals surface area (Å²) in [5, 5.41) is 5.30. The number of halogens is 1. The van der Waals surface area contributed by atoms with E-state index >= 15 is 0 Å². The standard InChI is InChI=1S/C18H17FN2O4/c1-18(2,16(22)20-12-5-3-11(19)4-6-12)17(23)21-13-7-8-14-15(9-13)25-10-24-14/h3-9H,10H2,1-2H3,(H,20,22)(H,21,23). The Bertz CT molecular complexity index is 818. The molecule has 0 unspecified atom stereocenters. The van der Waals surface area contributed by atoms with Gasteiger partial charge in [0.15, 0.2) is 11.5 Å². The van der Waals surface area contributed by atoms with Crippen molar-refractivity contribution in [2.45, 2.75) is 13.8 Å². The number of anilines is 2. The van der Waals surface area contributed by atoms with Gasteiger partial charge in [0.05, 0.1) is 0 Å². The third kappa shape index (κ3) is 3.55. The van der Waals surface area contributed by atoms with Gasteiger partial charge in [-0.25, -0.2) is 4.39 Å². The van der Waals surface area contributed by atoms with Crippen molar-refractivity contribution < 1.29 is 23.5 Å². The molecule has 0 fully saturated rings. The number of hydrogen-bond acceptors (Lipinski definition) is 4. The highest BCUT2D eigenvalue weighted by Crippen LogP contribution is 2.34. The zero-order valence-corrected chi connectivity index (χ0v) is 13.8. The average molecular weight is 344 g/mol. The average Bonchev–Trinajstić information content (AvgIpc) is 3.04. The first-order valence-corrected chi connectivity index (χ1v) is 7.64. The van der Waals surface area contributed by atoms with E-state index in [0.717, 1.165) is 0 Å². The second kappa shape index (κ2) is 6.43. The number of amides is 2. The predicted molar refractivity (Wildman–Crippen MR) is 90.0 cm³/mol. The van der Waals surface area contributed by atoms with Gasteiger partial charge in [0, 0.05) is 17.4 Å². The molecule has 0 saturated carbocycles. The monoisotopic (exact) mass is 344 g/mol. The van der Waals surface area contributed by atoms with Crippen LogP contribution in [-0.2, 0) is 9.59 Å². The summed E-state index contributed by atoms with van der Waals surface area (Å²) < 4.78 is 23.4. The number of benzene rings is 2. The van der Waals surface area contributed by atoms with Gasteiger partial charge < -0.3 is 20.1 Å². The lowest BCUT2D eigenvalue weighted by atomic mass is 9.90. The summed E-state index contributed by atoms with van der Waals surface area (Å²) in [5.41, 5.74) is -0.433. The zero-order valence-electron chi connectivity index (χ0n) is 13.8. The molecular weight excluding hydrogens is 327 g/mol. The van der Waals surface area contributed by atoms with Crippen molar-refractivity contribution in [1.29, 1.82) is 0 Å². The fourth-order valence-corrected chi connectivity index (χ4v) is 2.19. The molecule has 0 bridgehead atoms. The molecule has 7 heteroatoms. The van der Waals surface area contributed by atoms with E-state index in [0.29, 0.717) is 22.9 Å². The highest BCUT2D eigenvalue weighted by atomic mass is 19.1. The molecule has 0 spiro atoms. The molecule has 0 atom stereocenters. The van der Waals surface area contributed by atoms with Crippen LogP contribution in [0.25, 0.3) is 0 Å². The van der Waals surface area contributed by atoms with Crippen molar-refractivity contribution in [3.8, 4) is 11.5 Å². The number of fused-ring (bicyclic) bond motifs is 1. The van der Waals surface area contributed by atoms with Crippen LogP contribution in [0.2, 0.25) is 0 Å². The molecule has 1 aliphatic rings. The molecule has 0 radical (unpaired) electrons. The smallest absolute Gasteiger partial charge is 0.239 e. The zero-order chi connectivity index (χ0) is 18.0. The molecule has 0 aliphatic carbocycles. The SMILES string of the molecule is CC(C)(C(=O)Nc1ccc(F)cc1)C(=O)Nc1ccc2c(c1)OCO2. The molecule has 2 amide bonds. The van der Waals surface area contributed by atoms with Crippen LogP contribution in [0, 0.1) is 11.2 Å². The van der Waals surface area contributed by atoms with Crippen LogP contribution in [0.15, 0.2) is 42.5 Å². The molecular formula is C18H17FN2O4. The van der Waals surface area contributed by atoms with Crippen molar-refractivity contribution in [3.05, 3.63) is 48.3 Å². The first-order valence-electron chi connectivity index (χ1n) is 7.64. The van der Waals surface area contributed by atoms with Gasteiger partial charge >= 0.3 is 0 Å². The third-order valence-corrected chi connectivity index (χ3v) is 3.87. The highest BCUT2D eigenvalue weighted by Gasteiger charge is 2.36. The molecule has 3 rings (SSSR count). The van der Waals surface area contributed by atoms with E-state index in [1.165, 1.54) is 38.1 Å². The summed E-state index contributed by atoms with van der Waals surface area (Å²) in [6, 6.07) is 10.3. The van der Waals surface area contributed by atoms with Gasteiger partial charge in [-0.1, -0.05) is 0 Å². The fourth-order valence-electron chi connectivity index (χ4n) is 2.19. The highest BCUT2D eigenvalue weighted by molar-refractivity contribution is 6.14. The lowest BCUT2D eigenvalue weighted by Gasteiger charge is -2.22. The van der Waals surface area contributed by atoms with Gasteiger partial charge in [0.25, 0.3) is 0 Å². The number of carbonyl (C=O) groups is 2. The van der Waals surface area contributed by atoms with Crippen LogP contribution in [0.5, 0.6) is 11.5 Å². The molecule has 130 valence electrons. The first kappa shape index (κ1) is 16.8. The molecule has 25 heavy (non-hydrogen) atoms. The van der Waals surface area contributed by atoms with Crippen molar-refractivity contribution in [2.75, 3.05) is 17.4 Å². The minimum Gasteiger partial charge on any atom is -0.454 e. The third-order valence-electron chi connectivity index (χ3n) is 3.87. The molecule has 1 heterocycles. The Hall–Kier alpha value is -3.09. The van der Waals surface area contributed by atoms with Crippen molar-refractivity contribution in [3.63, 3.8) is 0 Å². The Kier molecular flexibility index (Phi) is 4.31. The Morgan fingerprint density at radius 1 is 0.920 bits per heavy atom. The van der Waals surface area contributed by atoms with Crippen LogP contribution >= 0.6 is 0 Å². The molecule has 2 aromatic carbocycles. The molecule has 1 aliphatic heterocycles. The maximum Gasteiger partial charge on any atom is 0.239 e. The van der Waals surface area contributed by atoms with E-state index in [9.17, 15) is 14.0 Å². The van der Waals surface area contributed by atoms with E-state index < -0.39 is 23.0 Å². The Labute approximate surface area is 143 Å². The van der Waals surface area contributed by atoms with Crippen molar-refractivity contribution >= 4 is 23.2 Å². The van der Waals surface area contributed by atoms with Gasteiger partial charge in [-0.05, 0) is 50.2 Å². The maximum atomic E-state index is 12.9. The topological polar surface area (TPSA) is 76.7 Å². The summed E-state index contributed by atoms with van der Waals surface area (Å²) in [7, 11) is 0. The second-order valence-electron chi connectivity index (χ2n) is 6.11. The minimum absolute atomic E-state index is 0.137. The first-order chi connectivity index (χ1) is 11.9. The van der Waals surface area contributed by atoms with Crippen LogP contribution in [0.4, 0.5) is 15.8 Å². The number of rotatable bonds is 4. The number of hydrogen-bond donors (Lipinski definition) is 2. The summed E-state index contributed by atoms with van der Waals surface area (Å²) in [6.45, 7) is 3.15. The van der Waals surface area contributed by atoms with Crippen LogP contribution in [0.3, 0.4) is 0 Å². The number of carbonyl (C=O) groups excluding carboxylic acids is 2. The molecule has 6 nitrogen and oxygen atoms in total. The second-order valence-corrected chi connectivity index (χ2v) is 6.11. The van der Waals surface area contributed by atoms with E-state index in [1.54, 1.807) is 18.2 Å². The summed E-state index contributed by atoms with van der Waals surface area (Å²) in [6.07, 6.45) is 0. The molecule has 2 aromatic rings. The largest absolute Gasteiger partial charge is 0.454 e. The molecule has 0 saturated heterocycles. The van der Waals surface area contributed by atoms with Gasteiger partial charge in [0.1, 0.15) is 11.2 Å². The van der Waals surface area contributed by atoms with E-state index in [1.807, 2.05) is 0 Å². The summed E-state index contributed by atoms with van der Waals surface area (Å²) in [4.78, 5) is 24.9. The number of nitrogens with one attached hydrogen (secondary N) is 2. The lowest BCUT2D eigenvalue weighted by molar-refractivity contribution is -0.135. The Morgan fingerprint density at radius 3 is 2.16 bits per heavy atom. The van der Waals surface area contributed by atoms with Gasteiger partial charge in [-0.3, -0.25) is 9.59 Å². The van der Waals surface area contributed by atoms with Crippen LogP contribution in [-0.4, -0.2) is 18.6 Å². The summed E-state index contributed by atoms with van der Waals surface area (Å²) >= 11 is 0. The van der Waals surface area contributed by atoms with Crippen molar-refractivity contribution in [1.82, 2.24) is 0 Å². The molecule has 0 aromatic heterocycles. The van der Waals surface area contributed by atoms with Crippen molar-refractivity contribution in [2.24, 2.45) is 5.41 Å². The predicted octanol–water partition coefficient (Wildman–Crippen LogP) is 3.16. The normalized spacial score (nSPS) is 12.6. The van der Waals surface area contributed by atoms with Crippen LogP contribution in [0.1, 0.15) is 13.8 Å². The Morgan fingerprint density at radius 2 is 1.48 bits per heavy atom. The number of ether oxygens (including phenoxy) is 2. The van der Waals surface area contributed by atoms with Crippen LogP contribution < -0.4 is 20.1 Å². The lowest BCUT2D eigenvalue weighted by Crippen LogP contribution is -2.41. The minimum atomic E-state index is -1.34.